The van der Waals surface area contributed by atoms with Crippen molar-refractivity contribution >= 4 is 5.97 Å². The predicted octanol–water partition coefficient (Wildman–Crippen LogP) is 1.76. The highest BCUT2D eigenvalue weighted by Crippen LogP contribution is 2.23. The van der Waals surface area contributed by atoms with Gasteiger partial charge in [-0.2, -0.15) is 0 Å². The van der Waals surface area contributed by atoms with Crippen LogP contribution in [0.3, 0.4) is 0 Å². The summed E-state index contributed by atoms with van der Waals surface area (Å²) in [6, 6.07) is 8.18. The number of hydrogen-bond acceptors (Lipinski definition) is 4. The first-order valence-electron chi connectivity index (χ1n) is 6.54. The molecule has 1 aliphatic heterocycles. The van der Waals surface area contributed by atoms with E-state index < -0.39 is 0 Å². The number of carbonyl (C=O) groups is 1. The van der Waals surface area contributed by atoms with E-state index in [1.54, 1.807) is 7.11 Å². The normalized spacial score (nSPS) is 23.5. The quantitative estimate of drug-likeness (QED) is 0.776. The van der Waals surface area contributed by atoms with Crippen LogP contribution in [0.25, 0.3) is 0 Å². The summed E-state index contributed by atoms with van der Waals surface area (Å²) in [5.74, 6) is -0.174. The van der Waals surface area contributed by atoms with Gasteiger partial charge in [-0.3, -0.25) is 9.69 Å². The highest BCUT2D eigenvalue weighted by Gasteiger charge is 2.37. The van der Waals surface area contributed by atoms with Crippen molar-refractivity contribution < 1.29 is 14.3 Å². The Kier molecular flexibility index (Phi) is 4.56. The van der Waals surface area contributed by atoms with Gasteiger partial charge in [-0.15, -0.1) is 0 Å². The molecule has 1 aliphatic rings. The summed E-state index contributed by atoms with van der Waals surface area (Å²) in [4.78, 5) is 13.9. The van der Waals surface area contributed by atoms with E-state index in [1.807, 2.05) is 0 Å². The standard InChI is InChI=1S/C15H21NO3/c1-11-4-6-12(7-5-11)9-16-10-13(18-2)8-14(16)15(17)19-3/h4-7,13-14H,8-10H2,1-3H3. The van der Waals surface area contributed by atoms with Crippen molar-refractivity contribution in [3.8, 4) is 0 Å². The summed E-state index contributed by atoms with van der Waals surface area (Å²) in [5.41, 5.74) is 2.45. The molecule has 2 unspecified atom stereocenters. The van der Waals surface area contributed by atoms with Crippen molar-refractivity contribution in [2.24, 2.45) is 0 Å². The van der Waals surface area contributed by atoms with Crippen molar-refractivity contribution in [2.75, 3.05) is 20.8 Å². The van der Waals surface area contributed by atoms with Gasteiger partial charge in [0, 0.05) is 26.6 Å². The average molecular weight is 263 g/mol. The van der Waals surface area contributed by atoms with Crippen LogP contribution in [0.5, 0.6) is 0 Å². The molecule has 1 saturated heterocycles. The van der Waals surface area contributed by atoms with Crippen LogP contribution in [-0.4, -0.2) is 43.8 Å². The lowest BCUT2D eigenvalue weighted by molar-refractivity contribution is -0.146. The van der Waals surface area contributed by atoms with Gasteiger partial charge >= 0.3 is 5.97 Å². The Morgan fingerprint density at radius 2 is 2.00 bits per heavy atom. The number of benzene rings is 1. The summed E-state index contributed by atoms with van der Waals surface area (Å²) in [5, 5.41) is 0. The number of methoxy groups -OCH3 is 2. The fraction of sp³-hybridized carbons (Fsp3) is 0.533. The first kappa shape index (κ1) is 14.0. The number of nitrogens with zero attached hydrogens (tertiary/aromatic N) is 1. The summed E-state index contributed by atoms with van der Waals surface area (Å²) in [7, 11) is 3.13. The summed E-state index contributed by atoms with van der Waals surface area (Å²) in [6.07, 6.45) is 0.809. The average Bonchev–Trinajstić information content (AvgIpc) is 2.83. The van der Waals surface area contributed by atoms with Gasteiger partial charge in [0.1, 0.15) is 6.04 Å². The Hall–Kier alpha value is -1.39. The molecule has 0 aromatic heterocycles. The maximum Gasteiger partial charge on any atom is 0.323 e. The number of ether oxygens (including phenoxy) is 2. The number of rotatable bonds is 4. The second-order valence-corrected chi connectivity index (χ2v) is 5.05. The molecule has 4 heteroatoms. The zero-order chi connectivity index (χ0) is 13.8. The molecule has 1 fully saturated rings. The lowest BCUT2D eigenvalue weighted by atomic mass is 10.1. The third kappa shape index (κ3) is 3.33. The summed E-state index contributed by atoms with van der Waals surface area (Å²) < 4.78 is 10.3. The van der Waals surface area contributed by atoms with Crippen molar-refractivity contribution in [1.82, 2.24) is 4.90 Å². The minimum Gasteiger partial charge on any atom is -0.468 e. The molecule has 2 rings (SSSR count). The van der Waals surface area contributed by atoms with Crippen LogP contribution in [0, 0.1) is 6.92 Å². The van der Waals surface area contributed by atoms with Gasteiger partial charge in [0.15, 0.2) is 0 Å². The van der Waals surface area contributed by atoms with Gasteiger partial charge in [-0.05, 0) is 12.5 Å². The highest BCUT2D eigenvalue weighted by molar-refractivity contribution is 5.76. The smallest absolute Gasteiger partial charge is 0.323 e. The van der Waals surface area contributed by atoms with E-state index in [-0.39, 0.29) is 18.1 Å². The van der Waals surface area contributed by atoms with E-state index in [9.17, 15) is 4.79 Å². The van der Waals surface area contributed by atoms with E-state index in [1.165, 1.54) is 18.2 Å². The van der Waals surface area contributed by atoms with Crippen LogP contribution < -0.4 is 0 Å². The Bertz CT molecular complexity index is 430. The molecular weight excluding hydrogens is 242 g/mol. The Morgan fingerprint density at radius 1 is 1.32 bits per heavy atom. The summed E-state index contributed by atoms with van der Waals surface area (Å²) in [6.45, 7) is 3.59. The second kappa shape index (κ2) is 6.17. The topological polar surface area (TPSA) is 38.8 Å². The molecule has 0 N–H and O–H groups in total. The number of aryl methyl sites for hydroxylation is 1. The molecule has 1 heterocycles. The molecule has 0 amide bonds. The third-order valence-corrected chi connectivity index (χ3v) is 3.68. The maximum absolute atomic E-state index is 11.8. The molecule has 4 nitrogen and oxygen atoms in total. The lowest BCUT2D eigenvalue weighted by Crippen LogP contribution is -2.36. The van der Waals surface area contributed by atoms with Crippen LogP contribution >= 0.6 is 0 Å². The molecule has 19 heavy (non-hydrogen) atoms. The van der Waals surface area contributed by atoms with Crippen molar-refractivity contribution in [3.63, 3.8) is 0 Å². The third-order valence-electron chi connectivity index (χ3n) is 3.68. The predicted molar refractivity (Wildman–Crippen MR) is 72.8 cm³/mol. The van der Waals surface area contributed by atoms with Gasteiger partial charge < -0.3 is 9.47 Å². The fourth-order valence-corrected chi connectivity index (χ4v) is 2.52. The zero-order valence-electron chi connectivity index (χ0n) is 11.8. The molecule has 0 saturated carbocycles. The summed E-state index contributed by atoms with van der Waals surface area (Å²) >= 11 is 0. The van der Waals surface area contributed by atoms with Crippen molar-refractivity contribution in [1.29, 1.82) is 0 Å². The largest absolute Gasteiger partial charge is 0.468 e. The van der Waals surface area contributed by atoms with Crippen LogP contribution in [-0.2, 0) is 20.8 Å². The van der Waals surface area contributed by atoms with Crippen molar-refractivity contribution in [2.45, 2.75) is 32.0 Å². The molecule has 1 aromatic carbocycles. The van der Waals surface area contributed by atoms with Crippen LogP contribution in [0.4, 0.5) is 0 Å². The van der Waals surface area contributed by atoms with Gasteiger partial charge in [0.25, 0.3) is 0 Å². The first-order valence-corrected chi connectivity index (χ1v) is 6.54. The van der Waals surface area contributed by atoms with E-state index in [0.29, 0.717) is 6.42 Å². The molecule has 2 atom stereocenters. The van der Waals surface area contributed by atoms with E-state index in [0.717, 1.165) is 13.1 Å². The first-order chi connectivity index (χ1) is 9.13. The fourth-order valence-electron chi connectivity index (χ4n) is 2.52. The highest BCUT2D eigenvalue weighted by atomic mass is 16.5. The van der Waals surface area contributed by atoms with E-state index >= 15 is 0 Å². The SMILES string of the molecule is COC(=O)C1CC(OC)CN1Cc1ccc(C)cc1. The van der Waals surface area contributed by atoms with Gasteiger partial charge in [-0.1, -0.05) is 29.8 Å². The zero-order valence-corrected chi connectivity index (χ0v) is 11.8. The van der Waals surface area contributed by atoms with Crippen molar-refractivity contribution in [3.05, 3.63) is 35.4 Å². The van der Waals surface area contributed by atoms with E-state index in [2.05, 4.69) is 36.1 Å². The monoisotopic (exact) mass is 263 g/mol. The number of likely N-dealkylation sites (tertiary alicyclic amines) is 1. The minimum atomic E-state index is -0.198. The minimum absolute atomic E-state index is 0.106. The Labute approximate surface area is 114 Å². The lowest BCUT2D eigenvalue weighted by Gasteiger charge is -2.22. The maximum atomic E-state index is 11.8. The van der Waals surface area contributed by atoms with E-state index in [4.69, 9.17) is 9.47 Å². The molecule has 104 valence electrons. The number of esters is 1. The molecular formula is C15H21NO3. The molecule has 0 aliphatic carbocycles. The van der Waals surface area contributed by atoms with Crippen LogP contribution in [0.15, 0.2) is 24.3 Å². The van der Waals surface area contributed by atoms with Gasteiger partial charge in [0.2, 0.25) is 0 Å². The van der Waals surface area contributed by atoms with Gasteiger partial charge in [-0.25, -0.2) is 0 Å². The second-order valence-electron chi connectivity index (χ2n) is 5.05. The Morgan fingerprint density at radius 3 is 2.58 bits per heavy atom. The molecule has 0 radical (unpaired) electrons. The Balaban J connectivity index is 2.07. The van der Waals surface area contributed by atoms with Gasteiger partial charge in [0.05, 0.1) is 13.2 Å². The molecule has 1 aromatic rings. The molecule has 0 spiro atoms. The number of hydrogen-bond donors (Lipinski definition) is 0. The van der Waals surface area contributed by atoms with Crippen LogP contribution in [0.1, 0.15) is 17.5 Å². The molecule has 0 bridgehead atoms. The van der Waals surface area contributed by atoms with Crippen LogP contribution in [0.2, 0.25) is 0 Å². The number of carbonyl (C=O) groups excluding carboxylic acids is 1.